The van der Waals surface area contributed by atoms with Gasteiger partial charge in [-0.1, -0.05) is 36.9 Å². The van der Waals surface area contributed by atoms with E-state index < -0.39 is 10.1 Å². The maximum absolute atomic E-state index is 10.5. The Kier molecular flexibility index (Phi) is 9.50. The molecule has 0 saturated carbocycles. The quantitative estimate of drug-likeness (QED) is 0.0957. The number of benzene rings is 4. The lowest BCUT2D eigenvalue weighted by Crippen LogP contribution is -2.34. The number of pyridine rings is 1. The molecule has 8 heteroatoms. The summed E-state index contributed by atoms with van der Waals surface area (Å²) in [5.74, 6) is 0.672. The second-order valence-corrected chi connectivity index (χ2v) is 11.1. The number of hydrogen-bond donors (Lipinski definition) is 1. The van der Waals surface area contributed by atoms with Crippen LogP contribution in [-0.2, 0) is 16.7 Å². The molecule has 0 fully saturated rings. The standard InChI is InChI=1S/C27H29N2O.C7H8O4S/c1-5-18-29-24-14-10-8-12-21(24)27(22-13-9-11-15-25(22)29)23-17-16-20(19-26(23)30-4)28(6-2)7-3;1-5-2-3-6(8)4-7(5)12(9,10)11/h5,8-17,19H,1,6-7,18H2,2-4H3;2-4,8H,1H3,(H,9,10,11)/q+1;/p-1. The third kappa shape index (κ3) is 6.25. The molecule has 0 aliphatic rings. The number of nitrogens with zero attached hydrogens (tertiary/aromatic N) is 2. The van der Waals surface area contributed by atoms with Crippen molar-refractivity contribution in [3.8, 4) is 22.6 Å². The van der Waals surface area contributed by atoms with Gasteiger partial charge in [0.2, 0.25) is 11.0 Å². The van der Waals surface area contributed by atoms with Crippen molar-refractivity contribution in [2.75, 3.05) is 25.1 Å². The van der Waals surface area contributed by atoms with Gasteiger partial charge < -0.3 is 19.3 Å². The molecule has 5 aromatic rings. The van der Waals surface area contributed by atoms with Crippen LogP contribution in [0, 0.1) is 6.92 Å². The number of rotatable bonds is 8. The van der Waals surface area contributed by atoms with Crippen LogP contribution in [0.25, 0.3) is 32.9 Å². The normalized spacial score (nSPS) is 11.2. The number of fused-ring (bicyclic) bond motifs is 2. The molecule has 0 spiro atoms. The molecular weight excluding hydrogens is 548 g/mol. The molecule has 0 aliphatic heterocycles. The first-order chi connectivity index (χ1) is 20.1. The minimum atomic E-state index is -4.47. The second kappa shape index (κ2) is 13.1. The molecule has 7 nitrogen and oxygen atoms in total. The molecule has 0 saturated heterocycles. The molecule has 0 aliphatic carbocycles. The Morgan fingerprint density at radius 1 is 0.929 bits per heavy atom. The predicted octanol–water partition coefficient (Wildman–Crippen LogP) is 6.59. The van der Waals surface area contributed by atoms with Crippen LogP contribution >= 0.6 is 0 Å². The van der Waals surface area contributed by atoms with Crippen LogP contribution in [0.4, 0.5) is 5.69 Å². The molecule has 1 N–H and O–H groups in total. The van der Waals surface area contributed by atoms with E-state index in [2.05, 4.69) is 96.6 Å². The van der Waals surface area contributed by atoms with E-state index in [9.17, 15) is 13.0 Å². The first-order valence-corrected chi connectivity index (χ1v) is 15.2. The topological polar surface area (TPSA) is 93.8 Å². The van der Waals surface area contributed by atoms with E-state index in [4.69, 9.17) is 9.84 Å². The fraction of sp³-hybridized carbons (Fsp3) is 0.206. The number of allylic oxidation sites excluding steroid dienone is 1. The van der Waals surface area contributed by atoms with Crippen molar-refractivity contribution in [2.24, 2.45) is 0 Å². The highest BCUT2D eigenvalue weighted by Crippen LogP contribution is 2.40. The lowest BCUT2D eigenvalue weighted by Gasteiger charge is -2.23. The van der Waals surface area contributed by atoms with E-state index in [0.29, 0.717) is 5.56 Å². The van der Waals surface area contributed by atoms with Gasteiger partial charge in [0.1, 0.15) is 21.6 Å². The van der Waals surface area contributed by atoms with Crippen LogP contribution in [0.1, 0.15) is 19.4 Å². The highest BCUT2D eigenvalue weighted by Gasteiger charge is 2.22. The first kappa shape index (κ1) is 30.6. The molecule has 0 amide bonds. The van der Waals surface area contributed by atoms with Crippen molar-refractivity contribution >= 4 is 37.6 Å². The maximum Gasteiger partial charge on any atom is 0.213 e. The SMILES string of the molecule is C=CC[n+]1c2ccccc2c(-c2ccc(N(CC)CC)cc2OC)c2ccccc21.Cc1ccc(O)cc1S(=O)(=O)[O-]. The van der Waals surface area contributed by atoms with Crippen molar-refractivity contribution in [1.82, 2.24) is 0 Å². The van der Waals surface area contributed by atoms with Crippen LogP contribution in [-0.4, -0.2) is 38.3 Å². The smallest absolute Gasteiger partial charge is 0.213 e. The van der Waals surface area contributed by atoms with E-state index in [1.165, 1.54) is 52.1 Å². The highest BCUT2D eigenvalue weighted by atomic mass is 32.2. The summed E-state index contributed by atoms with van der Waals surface area (Å²) in [6.07, 6.45) is 1.96. The van der Waals surface area contributed by atoms with Gasteiger partial charge in [-0.3, -0.25) is 0 Å². The number of anilines is 1. The summed E-state index contributed by atoms with van der Waals surface area (Å²) in [7, 11) is -2.71. The molecule has 1 heterocycles. The number of hydrogen-bond acceptors (Lipinski definition) is 6. The number of phenolic OH excluding ortho intramolecular Hbond substituents is 1. The number of ether oxygens (including phenoxy) is 1. The van der Waals surface area contributed by atoms with Crippen molar-refractivity contribution in [3.63, 3.8) is 0 Å². The molecular formula is C34H36N2O5S. The Balaban J connectivity index is 0.000000283. The largest absolute Gasteiger partial charge is 0.744 e. The third-order valence-electron chi connectivity index (χ3n) is 7.26. The molecule has 0 unspecified atom stereocenters. The molecule has 42 heavy (non-hydrogen) atoms. The minimum absolute atomic E-state index is 0.227. The average molecular weight is 585 g/mol. The summed E-state index contributed by atoms with van der Waals surface area (Å²) in [4.78, 5) is 1.97. The molecule has 1 aromatic heterocycles. The average Bonchev–Trinajstić information content (AvgIpc) is 2.99. The van der Waals surface area contributed by atoms with Crippen molar-refractivity contribution in [3.05, 3.63) is 103 Å². The second-order valence-electron chi connectivity index (χ2n) is 9.77. The van der Waals surface area contributed by atoms with E-state index >= 15 is 0 Å². The number of phenols is 1. The lowest BCUT2D eigenvalue weighted by molar-refractivity contribution is -0.634. The van der Waals surface area contributed by atoms with E-state index in [0.717, 1.165) is 37.0 Å². The molecule has 0 radical (unpaired) electrons. The fourth-order valence-electron chi connectivity index (χ4n) is 5.26. The first-order valence-electron chi connectivity index (χ1n) is 13.8. The van der Waals surface area contributed by atoms with Gasteiger partial charge in [-0.25, -0.2) is 8.42 Å². The van der Waals surface area contributed by atoms with Crippen molar-refractivity contribution < 1.29 is 27.4 Å². The Bertz CT molecular complexity index is 1790. The minimum Gasteiger partial charge on any atom is -0.744 e. The highest BCUT2D eigenvalue weighted by molar-refractivity contribution is 7.85. The number of aryl methyl sites for hydroxylation is 1. The summed E-state index contributed by atoms with van der Waals surface area (Å²) >= 11 is 0. The third-order valence-corrected chi connectivity index (χ3v) is 8.24. The van der Waals surface area contributed by atoms with E-state index in [1.807, 2.05) is 6.08 Å². The molecule has 4 aromatic carbocycles. The van der Waals surface area contributed by atoms with Crippen LogP contribution < -0.4 is 14.2 Å². The predicted molar refractivity (Wildman–Crippen MR) is 168 cm³/mol. The fourth-order valence-corrected chi connectivity index (χ4v) is 5.99. The van der Waals surface area contributed by atoms with Crippen LogP contribution in [0.15, 0.2) is 102 Å². The van der Waals surface area contributed by atoms with Crippen LogP contribution in [0.5, 0.6) is 11.5 Å². The lowest BCUT2D eigenvalue weighted by atomic mass is 9.94. The van der Waals surface area contributed by atoms with E-state index in [1.54, 1.807) is 7.11 Å². The van der Waals surface area contributed by atoms with E-state index in [-0.39, 0.29) is 10.6 Å². The van der Waals surface area contributed by atoms with Gasteiger partial charge in [0, 0.05) is 48.1 Å². The van der Waals surface area contributed by atoms with Gasteiger partial charge >= 0.3 is 0 Å². The van der Waals surface area contributed by atoms with Gasteiger partial charge in [-0.15, -0.1) is 0 Å². The van der Waals surface area contributed by atoms with Gasteiger partial charge in [0.05, 0.1) is 22.8 Å². The van der Waals surface area contributed by atoms with Crippen molar-refractivity contribution in [2.45, 2.75) is 32.2 Å². The zero-order chi connectivity index (χ0) is 30.4. The van der Waals surface area contributed by atoms with Crippen LogP contribution in [0.3, 0.4) is 0 Å². The summed E-state index contributed by atoms with van der Waals surface area (Å²) in [5, 5.41) is 11.3. The maximum atomic E-state index is 10.5. The zero-order valence-corrected chi connectivity index (χ0v) is 25.2. The summed E-state index contributed by atoms with van der Waals surface area (Å²) < 4.78 is 39.9. The number of aromatic hydroxyl groups is 1. The monoisotopic (exact) mass is 584 g/mol. The van der Waals surface area contributed by atoms with Crippen LogP contribution in [0.2, 0.25) is 0 Å². The summed E-state index contributed by atoms with van der Waals surface area (Å²) in [6.45, 7) is 12.5. The van der Waals surface area contributed by atoms with Gasteiger partial charge in [-0.05, 0) is 68.8 Å². The number of methoxy groups -OCH3 is 1. The zero-order valence-electron chi connectivity index (χ0n) is 24.4. The summed E-state index contributed by atoms with van der Waals surface area (Å²) in [6, 6.07) is 27.4. The number of para-hydroxylation sites is 2. The molecule has 5 rings (SSSR count). The van der Waals surface area contributed by atoms with Gasteiger partial charge in [-0.2, -0.15) is 4.57 Å². The Hall–Kier alpha value is -4.40. The number of aromatic nitrogens is 1. The Morgan fingerprint density at radius 2 is 1.52 bits per heavy atom. The Morgan fingerprint density at radius 3 is 2.02 bits per heavy atom. The summed E-state index contributed by atoms with van der Waals surface area (Å²) in [5.41, 5.74) is 6.24. The molecule has 0 atom stereocenters. The van der Waals surface area contributed by atoms with Gasteiger partial charge in [0.25, 0.3) is 0 Å². The van der Waals surface area contributed by atoms with Crippen molar-refractivity contribution in [1.29, 1.82) is 0 Å². The van der Waals surface area contributed by atoms with Gasteiger partial charge in [0.15, 0.2) is 6.54 Å². The Labute approximate surface area is 247 Å². The molecule has 218 valence electrons. The molecule has 0 bridgehead atoms.